The van der Waals surface area contributed by atoms with E-state index in [0.29, 0.717) is 18.2 Å². The number of halogens is 1. The molecule has 1 amide bonds. The third-order valence-electron chi connectivity index (χ3n) is 4.27. The summed E-state index contributed by atoms with van der Waals surface area (Å²) in [5.41, 5.74) is 2.26. The lowest BCUT2D eigenvalue weighted by Crippen LogP contribution is -2.44. The average Bonchev–Trinajstić information content (AvgIpc) is 2.51. The van der Waals surface area contributed by atoms with E-state index in [4.69, 9.17) is 16.7 Å². The van der Waals surface area contributed by atoms with Crippen LogP contribution in [0.1, 0.15) is 36.8 Å². The quantitative estimate of drug-likeness (QED) is 0.877. The number of anilines is 1. The second-order valence-electron chi connectivity index (χ2n) is 5.72. The van der Waals surface area contributed by atoms with Gasteiger partial charge in [-0.15, -0.1) is 10.2 Å². The first-order valence-corrected chi connectivity index (χ1v) is 7.81. The molecule has 0 unspecified atom stereocenters. The van der Waals surface area contributed by atoms with Crippen molar-refractivity contribution in [1.82, 2.24) is 15.1 Å². The molecule has 0 radical (unpaired) electrons. The maximum absolute atomic E-state index is 11.1. The molecule has 1 saturated heterocycles. The molecule has 2 N–H and O–H groups in total. The number of rotatable bonds is 2. The van der Waals surface area contributed by atoms with E-state index < -0.39 is 6.09 Å². The van der Waals surface area contributed by atoms with Crippen LogP contribution in [-0.2, 0) is 12.8 Å². The molecule has 0 spiro atoms. The van der Waals surface area contributed by atoms with Crippen molar-refractivity contribution >= 4 is 23.5 Å². The zero-order chi connectivity index (χ0) is 14.8. The molecule has 1 aliphatic heterocycles. The number of carboxylic acid groups (broad SMARTS) is 1. The highest BCUT2D eigenvalue weighted by Crippen LogP contribution is 2.31. The summed E-state index contributed by atoms with van der Waals surface area (Å²) >= 11 is 6.13. The molecule has 1 aliphatic carbocycles. The Balaban J connectivity index is 1.77. The number of fused-ring (bicyclic) bond motifs is 1. The van der Waals surface area contributed by atoms with Gasteiger partial charge in [-0.1, -0.05) is 11.6 Å². The molecule has 7 heteroatoms. The number of hydrogen-bond donors (Lipinski definition) is 2. The highest BCUT2D eigenvalue weighted by atomic mass is 35.5. The van der Waals surface area contributed by atoms with Crippen molar-refractivity contribution in [2.75, 3.05) is 18.4 Å². The summed E-state index contributed by atoms with van der Waals surface area (Å²) in [6.07, 6.45) is 5.14. The van der Waals surface area contributed by atoms with Gasteiger partial charge in [0, 0.05) is 24.7 Å². The van der Waals surface area contributed by atoms with Crippen molar-refractivity contribution in [2.45, 2.75) is 44.6 Å². The highest BCUT2D eigenvalue weighted by molar-refractivity contribution is 6.30. The van der Waals surface area contributed by atoms with Crippen molar-refractivity contribution in [2.24, 2.45) is 0 Å². The van der Waals surface area contributed by atoms with Gasteiger partial charge < -0.3 is 15.3 Å². The number of carbonyl (C=O) groups is 1. The van der Waals surface area contributed by atoms with Gasteiger partial charge in [0.25, 0.3) is 0 Å². The highest BCUT2D eigenvalue weighted by Gasteiger charge is 2.25. The van der Waals surface area contributed by atoms with E-state index in [1.807, 2.05) is 0 Å². The summed E-state index contributed by atoms with van der Waals surface area (Å²) in [4.78, 5) is 12.5. The second-order valence-corrected chi connectivity index (χ2v) is 6.07. The van der Waals surface area contributed by atoms with Gasteiger partial charge in [0.2, 0.25) is 0 Å². The van der Waals surface area contributed by atoms with Gasteiger partial charge in [0.1, 0.15) is 0 Å². The predicted octanol–water partition coefficient (Wildman–Crippen LogP) is 2.56. The summed E-state index contributed by atoms with van der Waals surface area (Å²) in [5.74, 6) is 0.784. The minimum atomic E-state index is -0.856. The first-order chi connectivity index (χ1) is 10.1. The maximum atomic E-state index is 11.1. The van der Waals surface area contributed by atoms with Gasteiger partial charge >= 0.3 is 6.09 Å². The fourth-order valence-corrected chi connectivity index (χ4v) is 3.43. The van der Waals surface area contributed by atoms with E-state index in [-0.39, 0.29) is 6.04 Å². The Labute approximate surface area is 128 Å². The van der Waals surface area contributed by atoms with E-state index in [1.165, 1.54) is 4.90 Å². The van der Waals surface area contributed by atoms with Gasteiger partial charge in [-0.2, -0.15) is 0 Å². The van der Waals surface area contributed by atoms with Crippen LogP contribution < -0.4 is 5.32 Å². The largest absolute Gasteiger partial charge is 0.465 e. The molecule has 0 saturated carbocycles. The minimum absolute atomic E-state index is 0.0938. The Morgan fingerprint density at radius 3 is 2.76 bits per heavy atom. The first kappa shape index (κ1) is 14.4. The molecule has 2 aliphatic rings. The van der Waals surface area contributed by atoms with E-state index in [2.05, 4.69) is 15.5 Å². The fourth-order valence-electron chi connectivity index (χ4n) is 3.19. The zero-order valence-electron chi connectivity index (χ0n) is 11.8. The average molecular weight is 311 g/mol. The normalized spacial score (nSPS) is 21.8. The van der Waals surface area contributed by atoms with E-state index in [9.17, 15) is 4.79 Å². The predicted molar refractivity (Wildman–Crippen MR) is 79.9 cm³/mol. The lowest BCUT2D eigenvalue weighted by molar-refractivity contribution is 0.132. The molecule has 21 heavy (non-hydrogen) atoms. The Morgan fingerprint density at radius 2 is 2.00 bits per heavy atom. The number of hydrogen-bond acceptors (Lipinski definition) is 4. The minimum Gasteiger partial charge on any atom is -0.465 e. The van der Waals surface area contributed by atoms with Crippen LogP contribution in [0.15, 0.2) is 0 Å². The van der Waals surface area contributed by atoms with Crippen molar-refractivity contribution in [3.63, 3.8) is 0 Å². The van der Waals surface area contributed by atoms with E-state index >= 15 is 0 Å². The van der Waals surface area contributed by atoms with Gasteiger partial charge in [-0.25, -0.2) is 4.79 Å². The Bertz CT molecular complexity index is 552. The molecule has 2 heterocycles. The van der Waals surface area contributed by atoms with Crippen molar-refractivity contribution in [3.8, 4) is 0 Å². The third kappa shape index (κ3) is 3.05. The molecule has 1 aromatic rings. The number of aromatic nitrogens is 2. The SMILES string of the molecule is O=C(O)N1CCC[C@@H](Nc2nnc(Cl)c3c2CCCC3)C1. The Morgan fingerprint density at radius 1 is 1.24 bits per heavy atom. The van der Waals surface area contributed by atoms with Crippen LogP contribution in [0, 0.1) is 0 Å². The van der Waals surface area contributed by atoms with Crippen molar-refractivity contribution in [3.05, 3.63) is 16.3 Å². The molecule has 0 aromatic carbocycles. The molecule has 3 rings (SSSR count). The summed E-state index contributed by atoms with van der Waals surface area (Å²) in [5, 5.41) is 21.2. The number of likely N-dealkylation sites (tertiary alicyclic amines) is 1. The number of nitrogens with one attached hydrogen (secondary N) is 1. The topological polar surface area (TPSA) is 78.4 Å². The molecule has 1 atom stereocenters. The van der Waals surface area contributed by atoms with Crippen LogP contribution in [0.4, 0.5) is 10.6 Å². The number of amides is 1. The molecule has 1 fully saturated rings. The summed E-state index contributed by atoms with van der Waals surface area (Å²) in [6.45, 7) is 1.10. The standard InChI is InChI=1S/C14H19ClN4O2/c15-12-10-5-1-2-6-11(10)13(18-17-12)16-9-4-3-7-19(8-9)14(20)21/h9H,1-8H2,(H,16,18)(H,20,21)/t9-/m1/s1. The number of nitrogens with zero attached hydrogens (tertiary/aromatic N) is 3. The molecular weight excluding hydrogens is 292 g/mol. The lowest BCUT2D eigenvalue weighted by atomic mass is 9.93. The van der Waals surface area contributed by atoms with Crippen LogP contribution in [0.2, 0.25) is 5.15 Å². The van der Waals surface area contributed by atoms with E-state index in [0.717, 1.165) is 55.5 Å². The summed E-state index contributed by atoms with van der Waals surface area (Å²) in [6, 6.07) is 0.0938. The van der Waals surface area contributed by atoms with Crippen LogP contribution in [0.3, 0.4) is 0 Å². The van der Waals surface area contributed by atoms with Crippen molar-refractivity contribution in [1.29, 1.82) is 0 Å². The third-order valence-corrected chi connectivity index (χ3v) is 4.58. The lowest BCUT2D eigenvalue weighted by Gasteiger charge is -2.32. The monoisotopic (exact) mass is 310 g/mol. The smallest absolute Gasteiger partial charge is 0.407 e. The van der Waals surface area contributed by atoms with Crippen LogP contribution in [0.25, 0.3) is 0 Å². The molecule has 0 bridgehead atoms. The van der Waals surface area contributed by atoms with E-state index in [1.54, 1.807) is 0 Å². The van der Waals surface area contributed by atoms with Gasteiger partial charge in [-0.3, -0.25) is 0 Å². The van der Waals surface area contributed by atoms with Crippen molar-refractivity contribution < 1.29 is 9.90 Å². The van der Waals surface area contributed by atoms with Crippen LogP contribution in [-0.4, -0.2) is 45.4 Å². The molecular formula is C14H19ClN4O2. The first-order valence-electron chi connectivity index (χ1n) is 7.43. The van der Waals surface area contributed by atoms with Gasteiger partial charge in [0.15, 0.2) is 11.0 Å². The molecule has 1 aromatic heterocycles. The number of piperidine rings is 1. The fraction of sp³-hybridized carbons (Fsp3) is 0.643. The maximum Gasteiger partial charge on any atom is 0.407 e. The van der Waals surface area contributed by atoms with Gasteiger partial charge in [-0.05, 0) is 44.1 Å². The molecule has 6 nitrogen and oxygen atoms in total. The van der Waals surface area contributed by atoms with Crippen LogP contribution in [0.5, 0.6) is 0 Å². The van der Waals surface area contributed by atoms with Crippen LogP contribution >= 0.6 is 11.6 Å². The Hall–Kier alpha value is -1.56. The zero-order valence-corrected chi connectivity index (χ0v) is 12.6. The van der Waals surface area contributed by atoms with Gasteiger partial charge in [0.05, 0.1) is 0 Å². The summed E-state index contributed by atoms with van der Waals surface area (Å²) in [7, 11) is 0. The Kier molecular flexibility index (Phi) is 4.14. The molecule has 114 valence electrons. The summed E-state index contributed by atoms with van der Waals surface area (Å²) < 4.78 is 0. The second kappa shape index (κ2) is 6.05.